The van der Waals surface area contributed by atoms with E-state index in [0.717, 1.165) is 31.7 Å². The summed E-state index contributed by atoms with van der Waals surface area (Å²) in [6, 6.07) is 7.30. The van der Waals surface area contributed by atoms with Crippen molar-refractivity contribution < 1.29 is 9.32 Å². The molecule has 1 aliphatic heterocycles. The minimum atomic E-state index is 0.0375. The van der Waals surface area contributed by atoms with Gasteiger partial charge in [0.25, 0.3) is 5.91 Å². The molecule has 0 radical (unpaired) electrons. The molecule has 4 rings (SSSR count). The van der Waals surface area contributed by atoms with Crippen molar-refractivity contribution >= 4 is 5.91 Å². The maximum absolute atomic E-state index is 12.8. The Morgan fingerprint density at radius 1 is 1.15 bits per heavy atom. The van der Waals surface area contributed by atoms with Crippen LogP contribution in [0, 0.1) is 6.92 Å². The lowest BCUT2D eigenvalue weighted by molar-refractivity contribution is 0.0761. The molecule has 140 valence electrons. The van der Waals surface area contributed by atoms with Gasteiger partial charge < -0.3 is 9.42 Å². The maximum atomic E-state index is 12.8. The van der Waals surface area contributed by atoms with Gasteiger partial charge in [-0.25, -0.2) is 4.68 Å². The Labute approximate surface area is 155 Å². The molecule has 3 heterocycles. The number of hydrogen-bond donors (Lipinski definition) is 0. The fourth-order valence-electron chi connectivity index (χ4n) is 3.16. The molecular formula is C17H20N8O2. The molecule has 0 N–H and O–H groups in total. The molecule has 1 saturated heterocycles. The van der Waals surface area contributed by atoms with Crippen LogP contribution in [-0.4, -0.2) is 72.2 Å². The second kappa shape index (κ2) is 7.62. The van der Waals surface area contributed by atoms with Gasteiger partial charge in [0.2, 0.25) is 5.89 Å². The van der Waals surface area contributed by atoms with Crippen molar-refractivity contribution in [3.8, 4) is 5.69 Å². The van der Waals surface area contributed by atoms with Gasteiger partial charge in [-0.15, -0.1) is 5.10 Å². The first-order chi connectivity index (χ1) is 13.2. The second-order valence-electron chi connectivity index (χ2n) is 6.45. The van der Waals surface area contributed by atoms with E-state index in [1.54, 1.807) is 11.6 Å². The van der Waals surface area contributed by atoms with Gasteiger partial charge in [-0.05, 0) is 41.1 Å². The Morgan fingerprint density at radius 3 is 2.70 bits per heavy atom. The van der Waals surface area contributed by atoms with Crippen LogP contribution >= 0.6 is 0 Å². The molecule has 1 aromatic carbocycles. The van der Waals surface area contributed by atoms with Crippen LogP contribution in [0.25, 0.3) is 5.69 Å². The fourth-order valence-corrected chi connectivity index (χ4v) is 3.16. The van der Waals surface area contributed by atoms with E-state index in [1.807, 2.05) is 29.2 Å². The van der Waals surface area contributed by atoms with Crippen molar-refractivity contribution in [3.05, 3.63) is 47.9 Å². The quantitative estimate of drug-likeness (QED) is 0.663. The first-order valence-electron chi connectivity index (χ1n) is 8.83. The molecule has 0 unspecified atom stereocenters. The molecule has 0 spiro atoms. The summed E-state index contributed by atoms with van der Waals surface area (Å²) < 4.78 is 6.58. The SMILES string of the molecule is Cc1nc(CN2CCCN(C(=O)c3ccc(-n4cnnn4)cc3)CC2)no1. The lowest BCUT2D eigenvalue weighted by Crippen LogP contribution is -2.35. The zero-order chi connectivity index (χ0) is 18.6. The lowest BCUT2D eigenvalue weighted by Gasteiger charge is -2.21. The molecule has 3 aromatic rings. The van der Waals surface area contributed by atoms with E-state index in [0.29, 0.717) is 30.4 Å². The van der Waals surface area contributed by atoms with Crippen molar-refractivity contribution in [2.75, 3.05) is 26.2 Å². The summed E-state index contributed by atoms with van der Waals surface area (Å²) in [5, 5.41) is 15.0. The second-order valence-corrected chi connectivity index (χ2v) is 6.45. The van der Waals surface area contributed by atoms with Crippen molar-refractivity contribution in [2.45, 2.75) is 19.9 Å². The third-order valence-corrected chi connectivity index (χ3v) is 4.54. The van der Waals surface area contributed by atoms with Crippen LogP contribution in [0.15, 0.2) is 35.1 Å². The third kappa shape index (κ3) is 4.00. The molecule has 0 atom stereocenters. The van der Waals surface area contributed by atoms with Crippen molar-refractivity contribution in [3.63, 3.8) is 0 Å². The molecular weight excluding hydrogens is 348 g/mol. The number of rotatable bonds is 4. The number of nitrogens with zero attached hydrogens (tertiary/aromatic N) is 8. The van der Waals surface area contributed by atoms with E-state index >= 15 is 0 Å². The van der Waals surface area contributed by atoms with Crippen LogP contribution in [0.1, 0.15) is 28.5 Å². The average Bonchev–Trinajstić information content (AvgIpc) is 3.30. The number of aryl methyl sites for hydroxylation is 1. The van der Waals surface area contributed by atoms with Crippen molar-refractivity contribution in [1.29, 1.82) is 0 Å². The highest BCUT2D eigenvalue weighted by Crippen LogP contribution is 2.13. The number of carbonyl (C=O) groups excluding carboxylic acids is 1. The molecule has 0 bridgehead atoms. The van der Waals surface area contributed by atoms with Gasteiger partial charge in [0, 0.05) is 38.7 Å². The fraction of sp³-hybridized carbons (Fsp3) is 0.412. The standard InChI is InChI=1S/C17H20N8O2/c1-13-19-16(20-27-13)11-23-7-2-8-24(10-9-23)17(26)14-3-5-15(6-4-14)25-12-18-21-22-25/h3-6,12H,2,7-11H2,1H3. The Bertz CT molecular complexity index is 890. The molecule has 1 fully saturated rings. The van der Waals surface area contributed by atoms with Crippen molar-refractivity contribution in [1.82, 2.24) is 40.1 Å². The van der Waals surface area contributed by atoms with Gasteiger partial charge in [0.05, 0.1) is 12.2 Å². The third-order valence-electron chi connectivity index (χ3n) is 4.54. The monoisotopic (exact) mass is 368 g/mol. The summed E-state index contributed by atoms with van der Waals surface area (Å²) in [5.41, 5.74) is 1.48. The van der Waals surface area contributed by atoms with Crippen LogP contribution in [0.4, 0.5) is 0 Å². The maximum Gasteiger partial charge on any atom is 0.253 e. The van der Waals surface area contributed by atoms with E-state index in [1.165, 1.54) is 6.33 Å². The highest BCUT2D eigenvalue weighted by molar-refractivity contribution is 5.94. The van der Waals surface area contributed by atoms with E-state index in [2.05, 4.69) is 30.6 Å². The predicted molar refractivity (Wildman–Crippen MR) is 94.0 cm³/mol. The van der Waals surface area contributed by atoms with E-state index < -0.39 is 0 Å². The highest BCUT2D eigenvalue weighted by Gasteiger charge is 2.21. The summed E-state index contributed by atoms with van der Waals surface area (Å²) >= 11 is 0. The van der Waals surface area contributed by atoms with Gasteiger partial charge in [-0.2, -0.15) is 4.98 Å². The Balaban J connectivity index is 1.37. The molecule has 10 heteroatoms. The van der Waals surface area contributed by atoms with Gasteiger partial charge in [-0.3, -0.25) is 9.69 Å². The smallest absolute Gasteiger partial charge is 0.253 e. The number of amides is 1. The molecule has 10 nitrogen and oxygen atoms in total. The summed E-state index contributed by atoms with van der Waals surface area (Å²) in [4.78, 5) is 21.2. The van der Waals surface area contributed by atoms with Crippen LogP contribution in [0.5, 0.6) is 0 Å². The first-order valence-corrected chi connectivity index (χ1v) is 8.83. The molecule has 1 aliphatic rings. The van der Waals surface area contributed by atoms with Crippen LogP contribution in [0.3, 0.4) is 0 Å². The van der Waals surface area contributed by atoms with Gasteiger partial charge in [0.15, 0.2) is 5.82 Å². The number of benzene rings is 1. The molecule has 0 aliphatic carbocycles. The number of tetrazole rings is 1. The van der Waals surface area contributed by atoms with E-state index in [9.17, 15) is 4.79 Å². The molecule has 0 saturated carbocycles. The molecule has 2 aromatic heterocycles. The Hall–Kier alpha value is -3.14. The number of carbonyl (C=O) groups is 1. The lowest BCUT2D eigenvalue weighted by atomic mass is 10.1. The summed E-state index contributed by atoms with van der Waals surface area (Å²) in [6.07, 6.45) is 2.43. The number of hydrogen-bond acceptors (Lipinski definition) is 8. The summed E-state index contributed by atoms with van der Waals surface area (Å²) in [7, 11) is 0. The molecule has 1 amide bonds. The van der Waals surface area contributed by atoms with Crippen LogP contribution in [-0.2, 0) is 6.54 Å². The van der Waals surface area contributed by atoms with Crippen LogP contribution in [0.2, 0.25) is 0 Å². The topological polar surface area (TPSA) is 106 Å². The van der Waals surface area contributed by atoms with Gasteiger partial charge >= 0.3 is 0 Å². The van der Waals surface area contributed by atoms with Crippen LogP contribution < -0.4 is 0 Å². The summed E-state index contributed by atoms with van der Waals surface area (Å²) in [5.74, 6) is 1.29. The normalized spacial score (nSPS) is 15.7. The largest absolute Gasteiger partial charge is 0.340 e. The minimum Gasteiger partial charge on any atom is -0.340 e. The zero-order valence-corrected chi connectivity index (χ0v) is 15.0. The first kappa shape index (κ1) is 17.3. The Morgan fingerprint density at radius 2 is 2.00 bits per heavy atom. The van der Waals surface area contributed by atoms with E-state index in [-0.39, 0.29) is 5.91 Å². The Kier molecular flexibility index (Phi) is 4.88. The van der Waals surface area contributed by atoms with Gasteiger partial charge in [-0.1, -0.05) is 5.16 Å². The summed E-state index contributed by atoms with van der Waals surface area (Å²) in [6.45, 7) is 5.50. The zero-order valence-electron chi connectivity index (χ0n) is 15.0. The predicted octanol–water partition coefficient (Wildman–Crippen LogP) is 0.702. The minimum absolute atomic E-state index is 0.0375. The van der Waals surface area contributed by atoms with Gasteiger partial charge in [0.1, 0.15) is 6.33 Å². The molecule has 27 heavy (non-hydrogen) atoms. The average molecular weight is 368 g/mol. The van der Waals surface area contributed by atoms with Crippen molar-refractivity contribution in [2.24, 2.45) is 0 Å². The van der Waals surface area contributed by atoms with E-state index in [4.69, 9.17) is 4.52 Å². The highest BCUT2D eigenvalue weighted by atomic mass is 16.5. The number of aromatic nitrogens is 6.